The van der Waals surface area contributed by atoms with Crippen molar-refractivity contribution in [2.24, 2.45) is 0 Å². The molecule has 2 rings (SSSR count). The smallest absolute Gasteiger partial charge is 0.119 e. The fourth-order valence-corrected chi connectivity index (χ4v) is 2.03. The summed E-state index contributed by atoms with van der Waals surface area (Å²) < 4.78 is 10.4. The van der Waals surface area contributed by atoms with Gasteiger partial charge in [-0.15, -0.1) is 0 Å². The molecule has 20 heavy (non-hydrogen) atoms. The van der Waals surface area contributed by atoms with Crippen LogP contribution in [0.25, 0.3) is 0 Å². The lowest BCUT2D eigenvalue weighted by Gasteiger charge is -2.21. The van der Waals surface area contributed by atoms with Crippen LogP contribution in [0.5, 0.6) is 11.5 Å². The van der Waals surface area contributed by atoms with Crippen LogP contribution in [0.1, 0.15) is 5.56 Å². The Balaban J connectivity index is 2.15. The lowest BCUT2D eigenvalue weighted by molar-refractivity contribution is 0.414. The van der Waals surface area contributed by atoms with Gasteiger partial charge in [-0.3, -0.25) is 0 Å². The van der Waals surface area contributed by atoms with Crippen molar-refractivity contribution in [3.63, 3.8) is 0 Å². The number of ether oxygens (including phenoxy) is 2. The van der Waals surface area contributed by atoms with Gasteiger partial charge in [0.1, 0.15) is 11.5 Å². The molecule has 0 aliphatic heterocycles. The van der Waals surface area contributed by atoms with Crippen molar-refractivity contribution >= 4 is 11.4 Å². The Morgan fingerprint density at radius 3 is 2.15 bits per heavy atom. The maximum atomic E-state index is 6.01. The first-order valence-electron chi connectivity index (χ1n) is 6.41. The van der Waals surface area contributed by atoms with Crippen molar-refractivity contribution in [2.45, 2.75) is 6.54 Å². The summed E-state index contributed by atoms with van der Waals surface area (Å²) in [6.07, 6.45) is 0. The summed E-state index contributed by atoms with van der Waals surface area (Å²) in [5.41, 5.74) is 8.93. The summed E-state index contributed by atoms with van der Waals surface area (Å²) in [6.45, 7) is 0.718. The maximum Gasteiger partial charge on any atom is 0.119 e. The number of nitrogen functional groups attached to an aromatic ring is 1. The molecule has 0 heterocycles. The van der Waals surface area contributed by atoms with E-state index in [2.05, 4.69) is 4.90 Å². The number of nitrogens with zero attached hydrogens (tertiary/aromatic N) is 1. The summed E-state index contributed by atoms with van der Waals surface area (Å²) in [5.74, 6) is 1.67. The zero-order valence-electron chi connectivity index (χ0n) is 12.1. The highest BCUT2D eigenvalue weighted by Crippen LogP contribution is 2.24. The number of rotatable bonds is 5. The van der Waals surface area contributed by atoms with Gasteiger partial charge < -0.3 is 20.1 Å². The Morgan fingerprint density at radius 2 is 1.55 bits per heavy atom. The Bertz CT molecular complexity index is 567. The van der Waals surface area contributed by atoms with E-state index in [1.54, 1.807) is 14.2 Å². The van der Waals surface area contributed by atoms with E-state index in [1.807, 2.05) is 49.5 Å². The summed E-state index contributed by atoms with van der Waals surface area (Å²) >= 11 is 0. The number of anilines is 2. The highest BCUT2D eigenvalue weighted by atomic mass is 16.5. The molecule has 0 radical (unpaired) electrons. The molecule has 0 unspecified atom stereocenters. The minimum Gasteiger partial charge on any atom is -0.497 e. The molecule has 2 N–H and O–H groups in total. The molecule has 0 aliphatic rings. The van der Waals surface area contributed by atoms with Crippen LogP contribution in [0.3, 0.4) is 0 Å². The number of hydrogen-bond acceptors (Lipinski definition) is 4. The molecule has 0 saturated heterocycles. The molecular formula is C16H20N2O2. The molecule has 0 spiro atoms. The third kappa shape index (κ3) is 3.15. The lowest BCUT2D eigenvalue weighted by Crippen LogP contribution is -2.17. The lowest BCUT2D eigenvalue weighted by atomic mass is 10.1. The van der Waals surface area contributed by atoms with Crippen LogP contribution in [0.4, 0.5) is 11.4 Å². The van der Waals surface area contributed by atoms with Crippen molar-refractivity contribution in [3.05, 3.63) is 48.0 Å². The normalized spacial score (nSPS) is 10.2. The van der Waals surface area contributed by atoms with Gasteiger partial charge in [-0.2, -0.15) is 0 Å². The van der Waals surface area contributed by atoms with E-state index in [9.17, 15) is 0 Å². The summed E-state index contributed by atoms with van der Waals surface area (Å²) in [4.78, 5) is 2.13. The zero-order valence-corrected chi connectivity index (χ0v) is 12.1. The molecule has 0 saturated carbocycles. The third-order valence-corrected chi connectivity index (χ3v) is 3.27. The summed E-state index contributed by atoms with van der Waals surface area (Å²) in [6, 6.07) is 13.6. The van der Waals surface area contributed by atoms with E-state index in [4.69, 9.17) is 15.2 Å². The number of nitrogens with two attached hydrogens (primary N) is 1. The molecule has 0 amide bonds. The Labute approximate surface area is 119 Å². The molecule has 0 atom stereocenters. The van der Waals surface area contributed by atoms with E-state index in [-0.39, 0.29) is 0 Å². The van der Waals surface area contributed by atoms with Crippen molar-refractivity contribution in [1.82, 2.24) is 0 Å². The first kappa shape index (κ1) is 14.1. The van der Waals surface area contributed by atoms with Crippen molar-refractivity contribution in [3.8, 4) is 11.5 Å². The molecule has 106 valence electrons. The second-order valence-electron chi connectivity index (χ2n) is 4.62. The molecule has 4 heteroatoms. The first-order chi connectivity index (χ1) is 9.63. The van der Waals surface area contributed by atoms with Crippen LogP contribution < -0.4 is 20.1 Å². The predicted molar refractivity (Wildman–Crippen MR) is 82.5 cm³/mol. The molecular weight excluding hydrogens is 252 g/mol. The number of hydrogen-bond donors (Lipinski definition) is 1. The first-order valence-corrected chi connectivity index (χ1v) is 6.41. The quantitative estimate of drug-likeness (QED) is 0.850. The van der Waals surface area contributed by atoms with Gasteiger partial charge >= 0.3 is 0 Å². The molecule has 2 aromatic carbocycles. The fraction of sp³-hybridized carbons (Fsp3) is 0.250. The van der Waals surface area contributed by atoms with Crippen LogP contribution in [0.15, 0.2) is 42.5 Å². The van der Waals surface area contributed by atoms with Gasteiger partial charge in [0.25, 0.3) is 0 Å². The minimum absolute atomic E-state index is 0.718. The van der Waals surface area contributed by atoms with Crippen LogP contribution in [0, 0.1) is 0 Å². The summed E-state index contributed by atoms with van der Waals surface area (Å²) in [7, 11) is 5.35. The maximum absolute atomic E-state index is 6.01. The highest BCUT2D eigenvalue weighted by Gasteiger charge is 2.07. The second kappa shape index (κ2) is 6.19. The van der Waals surface area contributed by atoms with Crippen LogP contribution in [-0.4, -0.2) is 21.3 Å². The Kier molecular flexibility index (Phi) is 4.35. The Hall–Kier alpha value is -2.36. The second-order valence-corrected chi connectivity index (χ2v) is 4.62. The molecule has 0 bridgehead atoms. The monoisotopic (exact) mass is 272 g/mol. The van der Waals surface area contributed by atoms with Gasteiger partial charge in [0, 0.05) is 25.0 Å². The van der Waals surface area contributed by atoms with Crippen LogP contribution in [0.2, 0.25) is 0 Å². The average molecular weight is 272 g/mol. The van der Waals surface area contributed by atoms with Crippen molar-refractivity contribution in [1.29, 1.82) is 0 Å². The van der Waals surface area contributed by atoms with Gasteiger partial charge in [-0.05, 0) is 48.0 Å². The van der Waals surface area contributed by atoms with Crippen molar-refractivity contribution in [2.75, 3.05) is 31.9 Å². The molecule has 2 aromatic rings. The number of benzene rings is 2. The largest absolute Gasteiger partial charge is 0.497 e. The minimum atomic E-state index is 0.718. The number of methoxy groups -OCH3 is 2. The van der Waals surface area contributed by atoms with E-state index in [0.717, 1.165) is 35.0 Å². The van der Waals surface area contributed by atoms with Gasteiger partial charge in [0.15, 0.2) is 0 Å². The van der Waals surface area contributed by atoms with Crippen molar-refractivity contribution < 1.29 is 9.47 Å². The predicted octanol–water partition coefficient (Wildman–Crippen LogP) is 2.92. The molecule has 0 aromatic heterocycles. The van der Waals surface area contributed by atoms with Gasteiger partial charge in [-0.1, -0.05) is 0 Å². The standard InChI is InChI=1S/C16H20N2O2/c1-18(13-4-6-14(19-2)7-5-13)11-12-10-15(20-3)8-9-16(12)17/h4-10H,11,17H2,1-3H3. The van der Waals surface area contributed by atoms with E-state index >= 15 is 0 Å². The zero-order chi connectivity index (χ0) is 14.5. The molecule has 0 aliphatic carbocycles. The third-order valence-electron chi connectivity index (χ3n) is 3.27. The highest BCUT2D eigenvalue weighted by molar-refractivity contribution is 5.54. The van der Waals surface area contributed by atoms with Crippen LogP contribution in [-0.2, 0) is 6.54 Å². The van der Waals surface area contributed by atoms with Gasteiger partial charge in [0.05, 0.1) is 14.2 Å². The molecule has 0 fully saturated rings. The van der Waals surface area contributed by atoms with Gasteiger partial charge in [0.2, 0.25) is 0 Å². The van der Waals surface area contributed by atoms with E-state index in [0.29, 0.717) is 0 Å². The summed E-state index contributed by atoms with van der Waals surface area (Å²) in [5, 5.41) is 0. The fourth-order valence-electron chi connectivity index (χ4n) is 2.03. The van der Waals surface area contributed by atoms with E-state index in [1.165, 1.54) is 0 Å². The Morgan fingerprint density at radius 1 is 0.950 bits per heavy atom. The SMILES string of the molecule is COc1ccc(N(C)Cc2cc(OC)ccc2N)cc1. The average Bonchev–Trinajstić information content (AvgIpc) is 2.49. The van der Waals surface area contributed by atoms with Crippen LogP contribution >= 0.6 is 0 Å². The van der Waals surface area contributed by atoms with E-state index < -0.39 is 0 Å². The molecule has 4 nitrogen and oxygen atoms in total. The van der Waals surface area contributed by atoms with Gasteiger partial charge in [-0.25, -0.2) is 0 Å². The topological polar surface area (TPSA) is 47.7 Å².